The number of rotatable bonds is 1. The summed E-state index contributed by atoms with van der Waals surface area (Å²) < 4.78 is 0.758. The molecule has 0 bridgehead atoms. The fourth-order valence-electron chi connectivity index (χ4n) is 2.44. The van der Waals surface area contributed by atoms with Crippen molar-refractivity contribution in [1.82, 2.24) is 9.97 Å². The molecule has 0 unspecified atom stereocenters. The first-order chi connectivity index (χ1) is 9.27. The topological polar surface area (TPSA) is 29.0 Å². The van der Waals surface area contributed by atoms with Crippen LogP contribution >= 0.6 is 27.5 Å². The Hall–Kier alpha value is -1.13. The van der Waals surface area contributed by atoms with Gasteiger partial charge in [-0.05, 0) is 46.8 Å². The number of halogens is 2. The van der Waals surface area contributed by atoms with Crippen LogP contribution in [-0.4, -0.2) is 16.5 Å². The molecule has 0 radical (unpaired) electrons. The van der Waals surface area contributed by atoms with Crippen LogP contribution in [0.5, 0.6) is 0 Å². The van der Waals surface area contributed by atoms with Crippen LogP contribution in [0.1, 0.15) is 18.4 Å². The Morgan fingerprint density at radius 1 is 1.16 bits per heavy atom. The first-order valence-corrected chi connectivity index (χ1v) is 7.46. The maximum absolute atomic E-state index is 6.08. The van der Waals surface area contributed by atoms with Gasteiger partial charge in [-0.3, -0.25) is 0 Å². The molecule has 2 aromatic rings. The molecule has 98 valence electrons. The van der Waals surface area contributed by atoms with Crippen LogP contribution in [0.3, 0.4) is 0 Å². The molecule has 0 N–H and O–H groups in total. The van der Waals surface area contributed by atoms with Crippen LogP contribution in [0.25, 0.3) is 0 Å². The highest BCUT2D eigenvalue weighted by molar-refractivity contribution is 9.10. The molecule has 2 heterocycles. The number of aromatic nitrogens is 2. The summed E-state index contributed by atoms with van der Waals surface area (Å²) in [4.78, 5) is 10.6. The van der Waals surface area contributed by atoms with E-state index >= 15 is 0 Å². The molecule has 0 saturated heterocycles. The van der Waals surface area contributed by atoms with Gasteiger partial charge in [0.25, 0.3) is 0 Å². The molecule has 19 heavy (non-hydrogen) atoms. The van der Waals surface area contributed by atoms with E-state index < -0.39 is 0 Å². The molecule has 5 heteroatoms. The van der Waals surface area contributed by atoms with Gasteiger partial charge in [-0.1, -0.05) is 29.8 Å². The van der Waals surface area contributed by atoms with Gasteiger partial charge in [0, 0.05) is 12.2 Å². The van der Waals surface area contributed by atoms with Crippen molar-refractivity contribution in [1.29, 1.82) is 0 Å². The lowest BCUT2D eigenvalue weighted by Crippen LogP contribution is -2.19. The van der Waals surface area contributed by atoms with Crippen molar-refractivity contribution in [3.63, 3.8) is 0 Å². The highest BCUT2D eigenvalue weighted by Gasteiger charge is 2.20. The second-order valence-electron chi connectivity index (χ2n) is 4.54. The van der Waals surface area contributed by atoms with Crippen molar-refractivity contribution < 1.29 is 0 Å². The predicted octanol–water partition coefficient (Wildman–Crippen LogP) is 4.37. The van der Waals surface area contributed by atoms with Crippen LogP contribution < -0.4 is 4.90 Å². The molecule has 0 atom stereocenters. The molecular formula is C14H13BrClN3. The molecule has 1 aromatic carbocycles. The van der Waals surface area contributed by atoms with Crippen LogP contribution in [-0.2, 0) is 6.42 Å². The molecule has 1 aliphatic heterocycles. The van der Waals surface area contributed by atoms with E-state index in [4.69, 9.17) is 11.6 Å². The Bertz CT molecular complexity index is 603. The van der Waals surface area contributed by atoms with Crippen LogP contribution in [0.4, 0.5) is 11.5 Å². The van der Waals surface area contributed by atoms with Gasteiger partial charge in [0.1, 0.15) is 11.5 Å². The number of nitrogens with zero attached hydrogens (tertiary/aromatic N) is 3. The highest BCUT2D eigenvalue weighted by atomic mass is 79.9. The minimum atomic E-state index is 0.451. The third-order valence-electron chi connectivity index (χ3n) is 3.34. The molecule has 1 aliphatic rings. The van der Waals surface area contributed by atoms with Gasteiger partial charge in [-0.15, -0.1) is 0 Å². The Labute approximate surface area is 125 Å². The number of fused-ring (bicyclic) bond motifs is 1. The van der Waals surface area contributed by atoms with Gasteiger partial charge in [0.2, 0.25) is 0 Å². The molecule has 1 aromatic heterocycles. The predicted molar refractivity (Wildman–Crippen MR) is 81.1 cm³/mol. The van der Waals surface area contributed by atoms with E-state index in [1.807, 2.05) is 0 Å². The molecule has 3 nitrogen and oxygen atoms in total. The molecule has 0 aliphatic carbocycles. The zero-order valence-electron chi connectivity index (χ0n) is 10.3. The quantitative estimate of drug-likeness (QED) is 0.723. The maximum atomic E-state index is 6.08. The highest BCUT2D eigenvalue weighted by Crippen LogP contribution is 2.37. The van der Waals surface area contributed by atoms with E-state index in [0.717, 1.165) is 29.7 Å². The third-order valence-corrected chi connectivity index (χ3v) is 4.59. The number of aryl methyl sites for hydroxylation is 1. The molecular weight excluding hydrogens is 326 g/mol. The summed E-state index contributed by atoms with van der Waals surface area (Å²) in [7, 11) is 0. The van der Waals surface area contributed by atoms with Gasteiger partial charge in [0.15, 0.2) is 5.82 Å². The van der Waals surface area contributed by atoms with Gasteiger partial charge >= 0.3 is 0 Å². The van der Waals surface area contributed by atoms with Crippen molar-refractivity contribution in [2.24, 2.45) is 0 Å². The van der Waals surface area contributed by atoms with Gasteiger partial charge in [-0.25, -0.2) is 9.97 Å². The summed E-state index contributed by atoms with van der Waals surface area (Å²) in [6, 6.07) is 8.48. The van der Waals surface area contributed by atoms with E-state index in [9.17, 15) is 0 Å². The van der Waals surface area contributed by atoms with Crippen molar-refractivity contribution in [2.75, 3.05) is 11.4 Å². The Balaban J connectivity index is 2.12. The molecule has 0 amide bonds. The average molecular weight is 339 g/mol. The van der Waals surface area contributed by atoms with E-state index in [0.29, 0.717) is 5.15 Å². The maximum Gasteiger partial charge on any atom is 0.152 e. The lowest BCUT2D eigenvalue weighted by atomic mass is 10.1. The number of benzene rings is 1. The minimum Gasteiger partial charge on any atom is -0.325 e. The third kappa shape index (κ3) is 2.47. The SMILES string of the molecule is Clc1ncnc(N2CCCCc3ccccc32)c1Br. The van der Waals surface area contributed by atoms with Crippen LogP contribution in [0.15, 0.2) is 35.1 Å². The summed E-state index contributed by atoms with van der Waals surface area (Å²) in [5, 5.41) is 0.451. The van der Waals surface area contributed by atoms with Crippen molar-refractivity contribution in [3.05, 3.63) is 45.8 Å². The summed E-state index contributed by atoms with van der Waals surface area (Å²) in [5.74, 6) is 0.842. The summed E-state index contributed by atoms with van der Waals surface area (Å²) >= 11 is 9.57. The van der Waals surface area contributed by atoms with E-state index in [-0.39, 0.29) is 0 Å². The van der Waals surface area contributed by atoms with E-state index in [1.165, 1.54) is 24.0 Å². The minimum absolute atomic E-state index is 0.451. The second-order valence-corrected chi connectivity index (χ2v) is 5.69. The smallest absolute Gasteiger partial charge is 0.152 e. The molecule has 0 spiro atoms. The lowest BCUT2D eigenvalue weighted by Gasteiger charge is -2.24. The molecule has 0 fully saturated rings. The second kappa shape index (κ2) is 5.47. The lowest BCUT2D eigenvalue weighted by molar-refractivity contribution is 0.756. The number of anilines is 2. The summed E-state index contributed by atoms with van der Waals surface area (Å²) in [6.45, 7) is 0.947. The van der Waals surface area contributed by atoms with Crippen molar-refractivity contribution in [2.45, 2.75) is 19.3 Å². The summed E-state index contributed by atoms with van der Waals surface area (Å²) in [6.07, 6.45) is 4.96. The van der Waals surface area contributed by atoms with Crippen molar-refractivity contribution in [3.8, 4) is 0 Å². The zero-order valence-corrected chi connectivity index (χ0v) is 12.7. The first kappa shape index (κ1) is 12.9. The number of para-hydroxylation sites is 1. The monoisotopic (exact) mass is 337 g/mol. The largest absolute Gasteiger partial charge is 0.325 e. The molecule has 0 saturated carbocycles. The standard InChI is InChI=1S/C14H13BrClN3/c15-12-13(16)17-9-18-14(12)19-8-4-3-6-10-5-1-2-7-11(10)19/h1-2,5,7,9H,3-4,6,8H2. The Kier molecular flexibility index (Phi) is 3.71. The number of hydrogen-bond acceptors (Lipinski definition) is 3. The zero-order chi connectivity index (χ0) is 13.2. The van der Waals surface area contributed by atoms with Crippen molar-refractivity contribution >= 4 is 39.0 Å². The van der Waals surface area contributed by atoms with E-state index in [2.05, 4.69) is 55.1 Å². The fraction of sp³-hybridized carbons (Fsp3) is 0.286. The van der Waals surface area contributed by atoms with Crippen LogP contribution in [0, 0.1) is 0 Å². The fourth-order valence-corrected chi connectivity index (χ4v) is 2.99. The number of hydrogen-bond donors (Lipinski definition) is 0. The first-order valence-electron chi connectivity index (χ1n) is 6.29. The normalized spacial score (nSPS) is 14.9. The van der Waals surface area contributed by atoms with Gasteiger partial charge < -0.3 is 4.90 Å². The van der Waals surface area contributed by atoms with E-state index in [1.54, 1.807) is 0 Å². The summed E-state index contributed by atoms with van der Waals surface area (Å²) in [5.41, 5.74) is 2.58. The van der Waals surface area contributed by atoms with Gasteiger partial charge in [0.05, 0.1) is 4.47 Å². The average Bonchev–Trinajstić information content (AvgIpc) is 2.64. The molecule has 3 rings (SSSR count). The Morgan fingerprint density at radius 2 is 2.00 bits per heavy atom. The Morgan fingerprint density at radius 3 is 2.89 bits per heavy atom. The van der Waals surface area contributed by atoms with Crippen LogP contribution in [0.2, 0.25) is 5.15 Å². The van der Waals surface area contributed by atoms with Gasteiger partial charge in [-0.2, -0.15) is 0 Å².